The van der Waals surface area contributed by atoms with E-state index in [2.05, 4.69) is 5.32 Å². The van der Waals surface area contributed by atoms with E-state index in [0.717, 1.165) is 0 Å². The molecule has 0 fully saturated rings. The predicted octanol–water partition coefficient (Wildman–Crippen LogP) is 4.20. The number of halogens is 2. The number of amides is 1. The zero-order valence-corrected chi connectivity index (χ0v) is 16.0. The van der Waals surface area contributed by atoms with Gasteiger partial charge in [-0.25, -0.2) is 4.79 Å². The zero-order chi connectivity index (χ0) is 20.0. The molecule has 1 amide bonds. The quantitative estimate of drug-likeness (QED) is 0.725. The number of benzene rings is 2. The largest absolute Gasteiger partial charge is 0.479 e. The summed E-state index contributed by atoms with van der Waals surface area (Å²) in [6.45, 7) is 2.92. The summed E-state index contributed by atoms with van der Waals surface area (Å²) in [5, 5.41) is 11.8. The molecule has 0 unspecified atom stereocenters. The monoisotopic (exact) mass is 406 g/mol. The van der Waals surface area contributed by atoms with E-state index in [4.69, 9.17) is 37.9 Å². The Hall–Kier alpha value is -2.75. The summed E-state index contributed by atoms with van der Waals surface area (Å²) >= 11 is 12.0. The summed E-state index contributed by atoms with van der Waals surface area (Å²) in [5.41, 5.74) is 0.719. The molecule has 0 spiro atoms. The molecule has 0 saturated carbocycles. The molecule has 2 atom stereocenters. The van der Waals surface area contributed by atoms with E-state index in [-0.39, 0.29) is 15.7 Å². The summed E-state index contributed by atoms with van der Waals surface area (Å²) < 4.78 is 10.6. The van der Waals surface area contributed by atoms with Crippen LogP contribution in [0.3, 0.4) is 0 Å². The van der Waals surface area contributed by atoms with Crippen molar-refractivity contribution < 1.29 is 19.1 Å². The van der Waals surface area contributed by atoms with Crippen LogP contribution in [0, 0.1) is 11.3 Å². The first-order chi connectivity index (χ1) is 12.8. The number of hydrogen-bond acceptors (Lipinski definition) is 5. The highest BCUT2D eigenvalue weighted by molar-refractivity contribution is 6.39. The number of esters is 1. The van der Waals surface area contributed by atoms with Crippen molar-refractivity contribution in [3.8, 4) is 11.8 Å². The fourth-order valence-corrected chi connectivity index (χ4v) is 2.52. The van der Waals surface area contributed by atoms with Gasteiger partial charge in [-0.2, -0.15) is 5.26 Å². The summed E-state index contributed by atoms with van der Waals surface area (Å²) in [6.07, 6.45) is -2.03. The molecule has 6 nitrogen and oxygen atoms in total. The van der Waals surface area contributed by atoms with Gasteiger partial charge in [0.15, 0.2) is 12.2 Å². The van der Waals surface area contributed by atoms with E-state index < -0.39 is 24.1 Å². The summed E-state index contributed by atoms with van der Waals surface area (Å²) in [5.74, 6) is -0.894. The molecule has 2 aromatic rings. The SMILES string of the molecule is C[C@H](OC(=O)[C@H](C)Oc1ccc(C#N)cc1)C(=O)Nc1c(Cl)cccc1Cl. The van der Waals surface area contributed by atoms with Crippen LogP contribution >= 0.6 is 23.2 Å². The first-order valence-electron chi connectivity index (χ1n) is 7.94. The number of carbonyl (C=O) groups excluding carboxylic acids is 2. The van der Waals surface area contributed by atoms with Crippen LogP contribution in [-0.4, -0.2) is 24.1 Å². The highest BCUT2D eigenvalue weighted by Crippen LogP contribution is 2.30. The lowest BCUT2D eigenvalue weighted by atomic mass is 10.2. The van der Waals surface area contributed by atoms with E-state index in [1.807, 2.05) is 6.07 Å². The lowest BCUT2D eigenvalue weighted by Gasteiger charge is -2.18. The third-order valence-corrected chi connectivity index (χ3v) is 4.13. The fourth-order valence-electron chi connectivity index (χ4n) is 2.03. The van der Waals surface area contributed by atoms with Crippen molar-refractivity contribution in [3.63, 3.8) is 0 Å². The third kappa shape index (κ3) is 5.61. The maximum absolute atomic E-state index is 12.2. The molecule has 2 aromatic carbocycles. The first-order valence-corrected chi connectivity index (χ1v) is 8.69. The van der Waals surface area contributed by atoms with Crippen LogP contribution in [0.25, 0.3) is 0 Å². The topological polar surface area (TPSA) is 88.4 Å². The number of anilines is 1. The maximum Gasteiger partial charge on any atom is 0.347 e. The lowest BCUT2D eigenvalue weighted by Crippen LogP contribution is -2.35. The lowest BCUT2D eigenvalue weighted by molar-refractivity contribution is -0.159. The van der Waals surface area contributed by atoms with E-state index in [0.29, 0.717) is 11.3 Å². The van der Waals surface area contributed by atoms with Gasteiger partial charge in [0.05, 0.1) is 27.4 Å². The number of nitrogens with one attached hydrogen (secondary N) is 1. The third-order valence-electron chi connectivity index (χ3n) is 3.50. The second kappa shape index (κ2) is 9.26. The minimum absolute atomic E-state index is 0.246. The van der Waals surface area contributed by atoms with Gasteiger partial charge in [-0.3, -0.25) is 4.79 Å². The van der Waals surface area contributed by atoms with Crippen LogP contribution < -0.4 is 10.1 Å². The van der Waals surface area contributed by atoms with Gasteiger partial charge >= 0.3 is 5.97 Å². The van der Waals surface area contributed by atoms with Crippen molar-refractivity contribution in [1.82, 2.24) is 0 Å². The Morgan fingerprint density at radius 2 is 1.63 bits per heavy atom. The van der Waals surface area contributed by atoms with Gasteiger partial charge < -0.3 is 14.8 Å². The van der Waals surface area contributed by atoms with Gasteiger partial charge in [0.25, 0.3) is 5.91 Å². The molecule has 0 saturated heterocycles. The maximum atomic E-state index is 12.2. The van der Waals surface area contributed by atoms with Crippen LogP contribution in [0.5, 0.6) is 5.75 Å². The van der Waals surface area contributed by atoms with Crippen LogP contribution in [0.4, 0.5) is 5.69 Å². The normalized spacial score (nSPS) is 12.4. The number of ether oxygens (including phenoxy) is 2. The number of carbonyl (C=O) groups is 2. The predicted molar refractivity (Wildman–Crippen MR) is 102 cm³/mol. The summed E-state index contributed by atoms with van der Waals surface area (Å²) in [7, 11) is 0. The highest BCUT2D eigenvalue weighted by atomic mass is 35.5. The molecule has 8 heteroatoms. The van der Waals surface area contributed by atoms with Crippen LogP contribution in [0.2, 0.25) is 10.0 Å². The molecule has 0 radical (unpaired) electrons. The molecule has 27 heavy (non-hydrogen) atoms. The Morgan fingerprint density at radius 1 is 1.04 bits per heavy atom. The number of nitriles is 1. The average Bonchev–Trinajstić information content (AvgIpc) is 2.65. The van der Waals surface area contributed by atoms with Crippen molar-refractivity contribution >= 4 is 40.8 Å². The Bertz CT molecular complexity index is 858. The van der Waals surface area contributed by atoms with E-state index in [1.54, 1.807) is 42.5 Å². The van der Waals surface area contributed by atoms with Gasteiger partial charge in [-0.1, -0.05) is 29.3 Å². The minimum Gasteiger partial charge on any atom is -0.479 e. The summed E-state index contributed by atoms with van der Waals surface area (Å²) in [4.78, 5) is 24.4. The second-order valence-electron chi connectivity index (χ2n) is 5.56. The van der Waals surface area contributed by atoms with Crippen LogP contribution in [0.15, 0.2) is 42.5 Å². The number of para-hydroxylation sites is 1. The number of hydrogen-bond donors (Lipinski definition) is 1. The Morgan fingerprint density at radius 3 is 2.19 bits per heavy atom. The molecular weight excluding hydrogens is 391 g/mol. The molecule has 0 heterocycles. The Balaban J connectivity index is 1.93. The van der Waals surface area contributed by atoms with Gasteiger partial charge in [-0.05, 0) is 50.2 Å². The van der Waals surface area contributed by atoms with E-state index >= 15 is 0 Å². The van der Waals surface area contributed by atoms with E-state index in [9.17, 15) is 9.59 Å². The standard InChI is InChI=1S/C19H16Cl2N2O4/c1-11(18(24)23-17-15(20)4-3-5-16(17)21)27-19(25)12(2)26-14-8-6-13(10-22)7-9-14/h3-9,11-12H,1-2H3,(H,23,24)/t11-,12-/m0/s1. The van der Waals surface area contributed by atoms with Crippen molar-refractivity contribution in [2.75, 3.05) is 5.32 Å². The van der Waals surface area contributed by atoms with Crippen LogP contribution in [0.1, 0.15) is 19.4 Å². The summed E-state index contributed by atoms with van der Waals surface area (Å²) in [6, 6.07) is 13.1. The Kier molecular flexibility index (Phi) is 7.05. The molecule has 140 valence electrons. The smallest absolute Gasteiger partial charge is 0.347 e. The molecule has 0 bridgehead atoms. The zero-order valence-electron chi connectivity index (χ0n) is 14.5. The number of rotatable bonds is 6. The molecule has 1 N–H and O–H groups in total. The molecule has 0 aromatic heterocycles. The molecule has 0 aliphatic heterocycles. The van der Waals surface area contributed by atoms with Crippen molar-refractivity contribution in [1.29, 1.82) is 5.26 Å². The van der Waals surface area contributed by atoms with Gasteiger partial charge in [0, 0.05) is 0 Å². The molecular formula is C19H16Cl2N2O4. The fraction of sp³-hybridized carbons (Fsp3) is 0.211. The van der Waals surface area contributed by atoms with Crippen molar-refractivity contribution in [2.24, 2.45) is 0 Å². The highest BCUT2D eigenvalue weighted by Gasteiger charge is 2.24. The van der Waals surface area contributed by atoms with Crippen LogP contribution in [-0.2, 0) is 14.3 Å². The van der Waals surface area contributed by atoms with Gasteiger partial charge in [0.2, 0.25) is 0 Å². The molecule has 0 aliphatic rings. The average molecular weight is 407 g/mol. The minimum atomic E-state index is -1.09. The van der Waals surface area contributed by atoms with Gasteiger partial charge in [-0.15, -0.1) is 0 Å². The molecule has 0 aliphatic carbocycles. The van der Waals surface area contributed by atoms with Crippen molar-refractivity contribution in [3.05, 3.63) is 58.1 Å². The van der Waals surface area contributed by atoms with Crippen molar-refractivity contribution in [2.45, 2.75) is 26.1 Å². The van der Waals surface area contributed by atoms with Gasteiger partial charge in [0.1, 0.15) is 5.75 Å². The molecule has 2 rings (SSSR count). The first kappa shape index (κ1) is 20.6. The number of nitrogens with zero attached hydrogens (tertiary/aromatic N) is 1. The van der Waals surface area contributed by atoms with E-state index in [1.165, 1.54) is 13.8 Å². The Labute approximate surface area is 166 Å². The second-order valence-corrected chi connectivity index (χ2v) is 6.38.